The summed E-state index contributed by atoms with van der Waals surface area (Å²) in [5.74, 6) is 1.22. The van der Waals surface area contributed by atoms with Crippen molar-refractivity contribution in [3.05, 3.63) is 48.0 Å². The second-order valence-corrected chi connectivity index (χ2v) is 6.75. The van der Waals surface area contributed by atoms with Crippen LogP contribution in [0.15, 0.2) is 41.7 Å². The standard InChI is InChI=1S/C17H18FN3OS/c1-17(5-6-23-16(19)21-17)14-8-11(3-4-15(14)18)12-7-13(22-2)10-20-9-12/h3-4,7-10H,5-6H2,1-2H3,(H2,19,21)/t17-/m0/s1. The van der Waals surface area contributed by atoms with Crippen molar-refractivity contribution in [3.8, 4) is 16.9 Å². The Hall–Kier alpha value is -2.08. The van der Waals surface area contributed by atoms with Gasteiger partial charge in [0.25, 0.3) is 0 Å². The minimum absolute atomic E-state index is 0.268. The lowest BCUT2D eigenvalue weighted by Gasteiger charge is -2.30. The van der Waals surface area contributed by atoms with E-state index in [1.54, 1.807) is 25.6 Å². The number of halogens is 1. The molecule has 0 saturated heterocycles. The molecular weight excluding hydrogens is 313 g/mol. The minimum atomic E-state index is -0.637. The molecule has 0 amide bonds. The van der Waals surface area contributed by atoms with Crippen LogP contribution in [0.2, 0.25) is 0 Å². The maximum Gasteiger partial charge on any atom is 0.154 e. The lowest BCUT2D eigenvalue weighted by atomic mass is 9.87. The molecule has 23 heavy (non-hydrogen) atoms. The van der Waals surface area contributed by atoms with Gasteiger partial charge >= 0.3 is 0 Å². The van der Waals surface area contributed by atoms with Crippen molar-refractivity contribution < 1.29 is 9.13 Å². The van der Waals surface area contributed by atoms with E-state index in [0.29, 0.717) is 16.5 Å². The summed E-state index contributed by atoms with van der Waals surface area (Å²) in [5, 5.41) is 0.506. The van der Waals surface area contributed by atoms with Gasteiger partial charge in [-0.3, -0.25) is 9.98 Å². The number of thioether (sulfide) groups is 1. The molecule has 1 atom stereocenters. The van der Waals surface area contributed by atoms with Gasteiger partial charge in [0.1, 0.15) is 11.6 Å². The zero-order chi connectivity index (χ0) is 16.4. The van der Waals surface area contributed by atoms with Crippen LogP contribution >= 0.6 is 11.8 Å². The highest BCUT2D eigenvalue weighted by Gasteiger charge is 2.32. The van der Waals surface area contributed by atoms with E-state index in [1.165, 1.54) is 17.8 Å². The fraction of sp³-hybridized carbons (Fsp3) is 0.294. The maximum atomic E-state index is 14.4. The highest BCUT2D eigenvalue weighted by Crippen LogP contribution is 2.38. The number of ether oxygens (including phenoxy) is 1. The quantitative estimate of drug-likeness (QED) is 0.934. The number of aromatic nitrogens is 1. The van der Waals surface area contributed by atoms with E-state index >= 15 is 0 Å². The molecule has 0 radical (unpaired) electrons. The maximum absolute atomic E-state index is 14.4. The molecule has 0 aliphatic carbocycles. The van der Waals surface area contributed by atoms with Crippen LogP contribution in [0.25, 0.3) is 11.1 Å². The van der Waals surface area contributed by atoms with E-state index < -0.39 is 5.54 Å². The molecule has 2 heterocycles. The van der Waals surface area contributed by atoms with Crippen LogP contribution in [0.3, 0.4) is 0 Å². The van der Waals surface area contributed by atoms with E-state index in [9.17, 15) is 4.39 Å². The van der Waals surface area contributed by atoms with Crippen molar-refractivity contribution in [2.45, 2.75) is 18.9 Å². The molecule has 0 spiro atoms. The number of nitrogens with two attached hydrogens (primary N) is 1. The Morgan fingerprint density at radius 2 is 2.09 bits per heavy atom. The van der Waals surface area contributed by atoms with Crippen LogP contribution in [-0.2, 0) is 5.54 Å². The monoisotopic (exact) mass is 331 g/mol. The Balaban J connectivity index is 2.07. The van der Waals surface area contributed by atoms with Crippen LogP contribution in [0.5, 0.6) is 5.75 Å². The second kappa shape index (κ2) is 6.20. The van der Waals surface area contributed by atoms with Crippen molar-refractivity contribution in [2.75, 3.05) is 12.9 Å². The molecule has 1 aliphatic rings. The molecule has 4 nitrogen and oxygen atoms in total. The number of rotatable bonds is 3. The molecule has 6 heteroatoms. The number of hydrogen-bond donors (Lipinski definition) is 1. The third-order valence-electron chi connectivity index (χ3n) is 4.02. The highest BCUT2D eigenvalue weighted by atomic mass is 32.2. The van der Waals surface area contributed by atoms with Crippen molar-refractivity contribution in [3.63, 3.8) is 0 Å². The van der Waals surface area contributed by atoms with Crippen molar-refractivity contribution >= 4 is 16.9 Å². The van der Waals surface area contributed by atoms with Gasteiger partial charge in [-0.1, -0.05) is 17.8 Å². The summed E-state index contributed by atoms with van der Waals surface area (Å²) in [5.41, 5.74) is 7.52. The zero-order valence-electron chi connectivity index (χ0n) is 13.0. The van der Waals surface area contributed by atoms with Gasteiger partial charge in [0.15, 0.2) is 5.17 Å². The molecule has 1 aromatic carbocycles. The molecule has 0 saturated carbocycles. The van der Waals surface area contributed by atoms with Gasteiger partial charge in [-0.15, -0.1) is 0 Å². The van der Waals surface area contributed by atoms with E-state index in [-0.39, 0.29) is 5.82 Å². The van der Waals surface area contributed by atoms with Crippen LogP contribution in [0, 0.1) is 5.82 Å². The van der Waals surface area contributed by atoms with Crippen LogP contribution in [0.4, 0.5) is 4.39 Å². The largest absolute Gasteiger partial charge is 0.495 e. The number of methoxy groups -OCH3 is 1. The number of pyridine rings is 1. The number of benzene rings is 1. The second-order valence-electron chi connectivity index (χ2n) is 5.63. The summed E-state index contributed by atoms with van der Waals surface area (Å²) in [6.45, 7) is 1.92. The molecule has 0 bridgehead atoms. The van der Waals surface area contributed by atoms with Crippen molar-refractivity contribution in [2.24, 2.45) is 10.7 Å². The lowest BCUT2D eigenvalue weighted by molar-refractivity contribution is 0.413. The fourth-order valence-electron chi connectivity index (χ4n) is 2.69. The zero-order valence-corrected chi connectivity index (χ0v) is 13.9. The number of nitrogens with zero attached hydrogens (tertiary/aromatic N) is 2. The van der Waals surface area contributed by atoms with E-state index in [0.717, 1.165) is 23.3 Å². The summed E-state index contributed by atoms with van der Waals surface area (Å²) >= 11 is 1.51. The molecule has 120 valence electrons. The molecule has 1 aromatic heterocycles. The summed E-state index contributed by atoms with van der Waals surface area (Å²) in [4.78, 5) is 8.65. The van der Waals surface area contributed by atoms with E-state index in [2.05, 4.69) is 9.98 Å². The van der Waals surface area contributed by atoms with Gasteiger partial charge in [0.2, 0.25) is 0 Å². The Morgan fingerprint density at radius 3 is 2.83 bits per heavy atom. The third-order valence-corrected chi connectivity index (χ3v) is 4.82. The lowest BCUT2D eigenvalue weighted by Crippen LogP contribution is -2.29. The number of aliphatic imine (C=N–C) groups is 1. The number of amidine groups is 1. The number of hydrogen-bond acceptors (Lipinski definition) is 5. The first kappa shape index (κ1) is 15.8. The van der Waals surface area contributed by atoms with Crippen LogP contribution < -0.4 is 10.5 Å². The first-order valence-electron chi connectivity index (χ1n) is 7.29. The molecule has 2 aromatic rings. The van der Waals surface area contributed by atoms with Gasteiger partial charge in [0, 0.05) is 23.1 Å². The van der Waals surface area contributed by atoms with Gasteiger partial charge in [0.05, 0.1) is 18.8 Å². The van der Waals surface area contributed by atoms with Gasteiger partial charge in [-0.2, -0.15) is 0 Å². The molecular formula is C17H18FN3OS. The Morgan fingerprint density at radius 1 is 1.26 bits per heavy atom. The minimum Gasteiger partial charge on any atom is -0.495 e. The summed E-state index contributed by atoms with van der Waals surface area (Å²) in [6, 6.07) is 6.92. The predicted octanol–water partition coefficient (Wildman–Crippen LogP) is 3.56. The normalized spacial score (nSPS) is 20.9. The summed E-state index contributed by atoms with van der Waals surface area (Å²) in [7, 11) is 1.59. The van der Waals surface area contributed by atoms with Gasteiger partial charge in [-0.05, 0) is 37.1 Å². The average molecular weight is 331 g/mol. The Bertz CT molecular complexity index is 765. The van der Waals surface area contributed by atoms with Crippen LogP contribution in [-0.4, -0.2) is 23.0 Å². The predicted molar refractivity (Wildman–Crippen MR) is 92.2 cm³/mol. The summed E-state index contributed by atoms with van der Waals surface area (Å²) < 4.78 is 19.6. The smallest absolute Gasteiger partial charge is 0.154 e. The summed E-state index contributed by atoms with van der Waals surface area (Å²) in [6.07, 6.45) is 4.12. The molecule has 2 N–H and O–H groups in total. The highest BCUT2D eigenvalue weighted by molar-refractivity contribution is 8.13. The van der Waals surface area contributed by atoms with Gasteiger partial charge in [-0.25, -0.2) is 4.39 Å². The Kier molecular flexibility index (Phi) is 4.26. The SMILES string of the molecule is COc1cncc(-c2ccc(F)c([C@]3(C)CCSC(N)=N3)c2)c1. The average Bonchev–Trinajstić information content (AvgIpc) is 2.55. The van der Waals surface area contributed by atoms with Crippen LogP contribution in [0.1, 0.15) is 18.9 Å². The van der Waals surface area contributed by atoms with Crippen molar-refractivity contribution in [1.82, 2.24) is 4.98 Å². The first-order chi connectivity index (χ1) is 11.0. The first-order valence-corrected chi connectivity index (χ1v) is 8.28. The van der Waals surface area contributed by atoms with E-state index in [1.807, 2.05) is 19.1 Å². The van der Waals surface area contributed by atoms with Crippen molar-refractivity contribution in [1.29, 1.82) is 0 Å². The molecule has 0 fully saturated rings. The third kappa shape index (κ3) is 3.17. The molecule has 1 aliphatic heterocycles. The fourth-order valence-corrected chi connectivity index (χ4v) is 3.66. The molecule has 0 unspecified atom stereocenters. The van der Waals surface area contributed by atoms with E-state index in [4.69, 9.17) is 10.5 Å². The molecule has 3 rings (SSSR count). The van der Waals surface area contributed by atoms with Gasteiger partial charge < -0.3 is 10.5 Å². The Labute approximate surface area is 139 Å². The topological polar surface area (TPSA) is 60.5 Å².